The third-order valence-corrected chi connectivity index (χ3v) is 6.74. The summed E-state index contributed by atoms with van der Waals surface area (Å²) in [5.74, 6) is -0.575. The summed E-state index contributed by atoms with van der Waals surface area (Å²) < 4.78 is 0. The predicted molar refractivity (Wildman–Crippen MR) is 125 cm³/mol. The quantitative estimate of drug-likeness (QED) is 0.565. The minimum atomic E-state index is -0.463. The molecule has 2 N–H and O–H groups in total. The molecule has 1 saturated heterocycles. The van der Waals surface area contributed by atoms with Gasteiger partial charge in [0, 0.05) is 36.8 Å². The third-order valence-electron chi connectivity index (χ3n) is 5.53. The molecule has 0 bridgehead atoms. The van der Waals surface area contributed by atoms with Gasteiger partial charge in [0.05, 0.1) is 0 Å². The molecule has 0 saturated carbocycles. The Labute approximate surface area is 188 Å². The first-order valence-electron chi connectivity index (χ1n) is 11.2. The van der Waals surface area contributed by atoms with E-state index in [4.69, 9.17) is 0 Å². The molecule has 0 aromatic heterocycles. The molecule has 2 heterocycles. The number of anilines is 1. The highest BCUT2D eigenvalue weighted by atomic mass is 32.2. The van der Waals surface area contributed by atoms with Crippen LogP contribution in [0, 0.1) is 0 Å². The lowest BCUT2D eigenvalue weighted by Gasteiger charge is -2.16. The van der Waals surface area contributed by atoms with Crippen LogP contribution in [0.2, 0.25) is 0 Å². The SMILES string of the molecule is CCCCC[C@@H](C)NC(=O)c1ccc(NC(=O)C[C@H]2SC(N3CCCC3)=NC2=O)cc1. The topological polar surface area (TPSA) is 90.9 Å². The van der Waals surface area contributed by atoms with E-state index in [1.165, 1.54) is 18.2 Å². The van der Waals surface area contributed by atoms with Crippen LogP contribution in [0.1, 0.15) is 69.2 Å². The lowest BCUT2D eigenvalue weighted by molar-refractivity contribution is -0.121. The number of likely N-dealkylation sites (tertiary alicyclic amines) is 1. The number of amidine groups is 1. The molecule has 1 aromatic rings. The Morgan fingerprint density at radius 2 is 1.90 bits per heavy atom. The van der Waals surface area contributed by atoms with Gasteiger partial charge in [0.1, 0.15) is 5.25 Å². The van der Waals surface area contributed by atoms with Gasteiger partial charge in [-0.1, -0.05) is 37.9 Å². The van der Waals surface area contributed by atoms with E-state index in [0.717, 1.165) is 50.4 Å². The first-order chi connectivity index (χ1) is 15.0. The van der Waals surface area contributed by atoms with Crippen molar-refractivity contribution in [2.75, 3.05) is 18.4 Å². The predicted octanol–water partition coefficient (Wildman–Crippen LogP) is 3.81. The number of nitrogens with one attached hydrogen (secondary N) is 2. The van der Waals surface area contributed by atoms with Gasteiger partial charge in [0.2, 0.25) is 5.91 Å². The van der Waals surface area contributed by atoms with E-state index < -0.39 is 5.25 Å². The fraction of sp³-hybridized carbons (Fsp3) is 0.565. The van der Waals surface area contributed by atoms with E-state index in [1.807, 2.05) is 6.92 Å². The molecule has 7 nitrogen and oxygen atoms in total. The number of rotatable bonds is 9. The second-order valence-electron chi connectivity index (χ2n) is 8.23. The standard InChI is InChI=1S/C23H32N4O3S/c1-3-4-5-8-16(2)24-21(29)17-9-11-18(12-10-17)25-20(28)15-19-22(30)26-23(31-19)27-13-6-7-14-27/h9-12,16,19H,3-8,13-15H2,1-2H3,(H,24,29)(H,25,28)/t16-,19-/m1/s1. The van der Waals surface area contributed by atoms with Gasteiger partial charge in [-0.05, 0) is 50.5 Å². The van der Waals surface area contributed by atoms with Crippen molar-refractivity contribution < 1.29 is 14.4 Å². The van der Waals surface area contributed by atoms with Gasteiger partial charge in [-0.3, -0.25) is 14.4 Å². The highest BCUT2D eigenvalue weighted by molar-refractivity contribution is 8.15. The zero-order chi connectivity index (χ0) is 22.2. The fourth-order valence-electron chi connectivity index (χ4n) is 3.72. The number of unbranched alkanes of at least 4 members (excludes halogenated alkanes) is 2. The van der Waals surface area contributed by atoms with Gasteiger partial charge in [-0.2, -0.15) is 4.99 Å². The maximum absolute atomic E-state index is 12.4. The Morgan fingerprint density at radius 1 is 1.19 bits per heavy atom. The average Bonchev–Trinajstić information content (AvgIpc) is 3.39. The molecule has 1 aromatic carbocycles. The maximum Gasteiger partial charge on any atom is 0.262 e. The van der Waals surface area contributed by atoms with Crippen LogP contribution in [0.25, 0.3) is 0 Å². The van der Waals surface area contributed by atoms with Gasteiger partial charge >= 0.3 is 0 Å². The number of thioether (sulfide) groups is 1. The Bertz CT molecular complexity index is 819. The first kappa shape index (κ1) is 23.3. The van der Waals surface area contributed by atoms with Gasteiger partial charge in [0.25, 0.3) is 11.8 Å². The van der Waals surface area contributed by atoms with Crippen LogP contribution in [0.3, 0.4) is 0 Å². The van der Waals surface area contributed by atoms with E-state index in [-0.39, 0.29) is 30.2 Å². The average molecular weight is 445 g/mol. The summed E-state index contributed by atoms with van der Waals surface area (Å²) in [4.78, 5) is 43.2. The normalized spacial score (nSPS) is 19.3. The molecule has 0 unspecified atom stereocenters. The molecule has 0 spiro atoms. The van der Waals surface area contributed by atoms with Crippen molar-refractivity contribution in [2.45, 2.75) is 70.1 Å². The van der Waals surface area contributed by atoms with Crippen LogP contribution >= 0.6 is 11.8 Å². The Kier molecular flexibility index (Phi) is 8.51. The van der Waals surface area contributed by atoms with E-state index in [2.05, 4.69) is 27.4 Å². The van der Waals surface area contributed by atoms with Crippen LogP contribution in [-0.2, 0) is 9.59 Å². The van der Waals surface area contributed by atoms with E-state index in [0.29, 0.717) is 11.3 Å². The van der Waals surface area contributed by atoms with Gasteiger partial charge in [0.15, 0.2) is 5.17 Å². The van der Waals surface area contributed by atoms with Crippen molar-refractivity contribution >= 4 is 40.3 Å². The number of aliphatic imine (C=N–C) groups is 1. The van der Waals surface area contributed by atoms with E-state index in [1.54, 1.807) is 24.3 Å². The maximum atomic E-state index is 12.4. The molecule has 3 rings (SSSR count). The summed E-state index contributed by atoms with van der Waals surface area (Å²) >= 11 is 1.39. The minimum Gasteiger partial charge on any atom is -0.351 e. The molecule has 1 fully saturated rings. The molecule has 8 heteroatoms. The molecule has 3 amide bonds. The highest BCUT2D eigenvalue weighted by Gasteiger charge is 2.33. The van der Waals surface area contributed by atoms with Crippen LogP contribution in [0.4, 0.5) is 5.69 Å². The van der Waals surface area contributed by atoms with Gasteiger partial charge < -0.3 is 15.5 Å². The monoisotopic (exact) mass is 444 g/mol. The molecule has 168 valence electrons. The van der Waals surface area contributed by atoms with Gasteiger partial charge in [-0.25, -0.2) is 0 Å². The number of benzene rings is 1. The zero-order valence-electron chi connectivity index (χ0n) is 18.4. The third kappa shape index (κ3) is 6.82. The summed E-state index contributed by atoms with van der Waals surface area (Å²) in [6, 6.07) is 6.96. The van der Waals surface area contributed by atoms with Crippen LogP contribution < -0.4 is 10.6 Å². The van der Waals surface area contributed by atoms with Crippen LogP contribution in [0.5, 0.6) is 0 Å². The van der Waals surface area contributed by atoms with Crippen molar-refractivity contribution in [3.05, 3.63) is 29.8 Å². The number of nitrogens with zero attached hydrogens (tertiary/aromatic N) is 2. The van der Waals surface area contributed by atoms with Crippen LogP contribution in [0.15, 0.2) is 29.3 Å². The summed E-state index contributed by atoms with van der Waals surface area (Å²) in [7, 11) is 0. The largest absolute Gasteiger partial charge is 0.351 e. The number of carbonyl (C=O) groups excluding carboxylic acids is 3. The van der Waals surface area contributed by atoms with Gasteiger partial charge in [-0.15, -0.1) is 0 Å². The van der Waals surface area contributed by atoms with Crippen molar-refractivity contribution in [3.8, 4) is 0 Å². The molecular formula is C23H32N4O3S. The zero-order valence-corrected chi connectivity index (χ0v) is 19.2. The lowest BCUT2D eigenvalue weighted by atomic mass is 10.1. The van der Waals surface area contributed by atoms with E-state index in [9.17, 15) is 14.4 Å². The molecule has 2 aliphatic rings. The fourth-order valence-corrected chi connectivity index (χ4v) is 4.84. The molecule has 31 heavy (non-hydrogen) atoms. The second kappa shape index (κ2) is 11.3. The summed E-state index contributed by atoms with van der Waals surface area (Å²) in [6.45, 7) is 6.03. The molecule has 0 aliphatic carbocycles. The van der Waals surface area contributed by atoms with Crippen molar-refractivity contribution in [2.24, 2.45) is 4.99 Å². The molecule has 0 radical (unpaired) electrons. The Balaban J connectivity index is 1.44. The van der Waals surface area contributed by atoms with Crippen molar-refractivity contribution in [3.63, 3.8) is 0 Å². The highest BCUT2D eigenvalue weighted by Crippen LogP contribution is 2.29. The van der Waals surface area contributed by atoms with Crippen molar-refractivity contribution in [1.29, 1.82) is 0 Å². The summed E-state index contributed by atoms with van der Waals surface area (Å²) in [6.07, 6.45) is 6.72. The molecule has 2 aliphatic heterocycles. The summed E-state index contributed by atoms with van der Waals surface area (Å²) in [5.41, 5.74) is 1.17. The summed E-state index contributed by atoms with van der Waals surface area (Å²) in [5, 5.41) is 6.11. The molecular weight excluding hydrogens is 412 g/mol. The Hall–Kier alpha value is -2.35. The number of hydrogen-bond acceptors (Lipinski definition) is 5. The Morgan fingerprint density at radius 3 is 2.58 bits per heavy atom. The lowest BCUT2D eigenvalue weighted by Crippen LogP contribution is -2.32. The number of amides is 3. The van der Waals surface area contributed by atoms with Crippen molar-refractivity contribution in [1.82, 2.24) is 10.2 Å². The number of carbonyl (C=O) groups is 3. The number of hydrogen-bond donors (Lipinski definition) is 2. The van der Waals surface area contributed by atoms with E-state index >= 15 is 0 Å². The molecule has 2 atom stereocenters. The minimum absolute atomic E-state index is 0.0852. The smallest absolute Gasteiger partial charge is 0.262 e. The van der Waals surface area contributed by atoms with Crippen LogP contribution in [-0.4, -0.2) is 52.2 Å². The first-order valence-corrected chi connectivity index (χ1v) is 12.1. The second-order valence-corrected chi connectivity index (χ2v) is 9.40.